The summed E-state index contributed by atoms with van der Waals surface area (Å²) in [5.41, 5.74) is 0.620. The van der Waals surface area contributed by atoms with Crippen LogP contribution in [0.5, 0.6) is 0 Å². The van der Waals surface area contributed by atoms with Crippen LogP contribution in [-0.4, -0.2) is 38.9 Å². The Kier molecular flexibility index (Phi) is 3.53. The Hall–Kier alpha value is -0.970. The SMILES string of the molecule is CC1CCN(C(=O)c2ccnnc2)C1CBr. The van der Waals surface area contributed by atoms with Gasteiger partial charge in [-0.1, -0.05) is 22.9 Å². The lowest BCUT2D eigenvalue weighted by Crippen LogP contribution is -2.38. The van der Waals surface area contributed by atoms with Crippen molar-refractivity contribution in [2.45, 2.75) is 19.4 Å². The van der Waals surface area contributed by atoms with E-state index >= 15 is 0 Å². The molecule has 2 heterocycles. The maximum atomic E-state index is 12.2. The van der Waals surface area contributed by atoms with Gasteiger partial charge in [0.25, 0.3) is 5.91 Å². The standard InChI is InChI=1S/C11H14BrN3O/c1-8-3-5-15(10(8)6-12)11(16)9-2-4-13-14-7-9/h2,4,7-8,10H,3,5-6H2,1H3. The molecule has 1 aromatic rings. The van der Waals surface area contributed by atoms with Crippen molar-refractivity contribution in [3.05, 3.63) is 24.0 Å². The van der Waals surface area contributed by atoms with Crippen LogP contribution in [0.3, 0.4) is 0 Å². The van der Waals surface area contributed by atoms with Crippen molar-refractivity contribution >= 4 is 21.8 Å². The second-order valence-electron chi connectivity index (χ2n) is 4.12. The van der Waals surface area contributed by atoms with Gasteiger partial charge in [0.2, 0.25) is 0 Å². The molecule has 16 heavy (non-hydrogen) atoms. The Labute approximate surface area is 103 Å². The number of halogens is 1. The van der Waals surface area contributed by atoms with E-state index < -0.39 is 0 Å². The molecule has 1 aliphatic heterocycles. The average molecular weight is 284 g/mol. The van der Waals surface area contributed by atoms with Crippen LogP contribution in [0.4, 0.5) is 0 Å². The minimum Gasteiger partial charge on any atom is -0.334 e. The van der Waals surface area contributed by atoms with E-state index in [0.29, 0.717) is 17.5 Å². The molecule has 1 amide bonds. The van der Waals surface area contributed by atoms with Crippen molar-refractivity contribution in [2.24, 2.45) is 5.92 Å². The number of amides is 1. The van der Waals surface area contributed by atoms with Crippen molar-refractivity contribution in [2.75, 3.05) is 11.9 Å². The van der Waals surface area contributed by atoms with E-state index in [1.165, 1.54) is 6.20 Å². The summed E-state index contributed by atoms with van der Waals surface area (Å²) in [5, 5.41) is 8.25. The van der Waals surface area contributed by atoms with Crippen molar-refractivity contribution in [1.29, 1.82) is 0 Å². The third kappa shape index (κ3) is 2.09. The van der Waals surface area contributed by atoms with Crippen LogP contribution in [0, 0.1) is 5.92 Å². The number of carbonyl (C=O) groups is 1. The second kappa shape index (κ2) is 4.91. The molecular weight excluding hydrogens is 270 g/mol. The number of hydrogen-bond donors (Lipinski definition) is 0. The molecule has 86 valence electrons. The van der Waals surface area contributed by atoms with Crippen LogP contribution in [-0.2, 0) is 0 Å². The highest BCUT2D eigenvalue weighted by Crippen LogP contribution is 2.26. The van der Waals surface area contributed by atoms with Crippen molar-refractivity contribution in [1.82, 2.24) is 15.1 Å². The quantitative estimate of drug-likeness (QED) is 0.777. The summed E-state index contributed by atoms with van der Waals surface area (Å²) in [6.45, 7) is 3.02. The molecule has 0 radical (unpaired) electrons. The fourth-order valence-electron chi connectivity index (χ4n) is 2.08. The Morgan fingerprint density at radius 2 is 2.44 bits per heavy atom. The lowest BCUT2D eigenvalue weighted by molar-refractivity contribution is 0.0738. The molecule has 0 spiro atoms. The Balaban J connectivity index is 2.17. The average Bonchev–Trinajstić information content (AvgIpc) is 2.70. The van der Waals surface area contributed by atoms with E-state index in [1.54, 1.807) is 12.3 Å². The first-order valence-electron chi connectivity index (χ1n) is 5.37. The highest BCUT2D eigenvalue weighted by molar-refractivity contribution is 9.09. The zero-order chi connectivity index (χ0) is 11.5. The second-order valence-corrected chi connectivity index (χ2v) is 4.76. The van der Waals surface area contributed by atoms with Gasteiger partial charge in [0.05, 0.1) is 18.0 Å². The number of nitrogens with zero attached hydrogens (tertiary/aromatic N) is 3. The minimum atomic E-state index is 0.0590. The number of rotatable bonds is 2. The van der Waals surface area contributed by atoms with E-state index in [0.717, 1.165) is 18.3 Å². The lowest BCUT2D eigenvalue weighted by atomic mass is 10.1. The Morgan fingerprint density at radius 3 is 3.06 bits per heavy atom. The summed E-state index contributed by atoms with van der Waals surface area (Å²) in [4.78, 5) is 14.1. The van der Waals surface area contributed by atoms with Gasteiger partial charge in [-0.05, 0) is 18.4 Å². The van der Waals surface area contributed by atoms with E-state index in [-0.39, 0.29) is 5.91 Å². The molecule has 0 N–H and O–H groups in total. The molecule has 0 saturated carbocycles. The molecule has 1 aliphatic rings. The summed E-state index contributed by atoms with van der Waals surface area (Å²) in [6, 6.07) is 2.00. The van der Waals surface area contributed by atoms with Gasteiger partial charge in [-0.2, -0.15) is 10.2 Å². The van der Waals surface area contributed by atoms with Gasteiger partial charge >= 0.3 is 0 Å². The first-order chi connectivity index (χ1) is 7.74. The van der Waals surface area contributed by atoms with Gasteiger partial charge in [0, 0.05) is 17.9 Å². The maximum absolute atomic E-state index is 12.2. The molecule has 1 saturated heterocycles. The molecular formula is C11H14BrN3O. The van der Waals surface area contributed by atoms with E-state index in [4.69, 9.17) is 0 Å². The number of likely N-dealkylation sites (tertiary alicyclic amines) is 1. The van der Waals surface area contributed by atoms with Crippen LogP contribution < -0.4 is 0 Å². The van der Waals surface area contributed by atoms with Gasteiger partial charge in [-0.15, -0.1) is 0 Å². The largest absolute Gasteiger partial charge is 0.334 e. The molecule has 2 atom stereocenters. The van der Waals surface area contributed by atoms with Crippen LogP contribution in [0.25, 0.3) is 0 Å². The Morgan fingerprint density at radius 1 is 1.62 bits per heavy atom. The summed E-state index contributed by atoms with van der Waals surface area (Å²) >= 11 is 3.48. The molecule has 2 unspecified atom stereocenters. The van der Waals surface area contributed by atoms with Crippen LogP contribution in [0.2, 0.25) is 0 Å². The zero-order valence-corrected chi connectivity index (χ0v) is 10.7. The Bertz CT molecular complexity index is 371. The van der Waals surface area contributed by atoms with E-state index in [2.05, 4.69) is 33.1 Å². The zero-order valence-electron chi connectivity index (χ0n) is 9.14. The number of hydrogen-bond acceptors (Lipinski definition) is 3. The van der Waals surface area contributed by atoms with Crippen LogP contribution in [0.15, 0.2) is 18.5 Å². The third-order valence-corrected chi connectivity index (χ3v) is 3.80. The molecule has 1 fully saturated rings. The van der Waals surface area contributed by atoms with Crippen molar-refractivity contribution < 1.29 is 4.79 Å². The summed E-state index contributed by atoms with van der Waals surface area (Å²) in [5.74, 6) is 0.613. The molecule has 0 aromatic carbocycles. The van der Waals surface area contributed by atoms with Crippen LogP contribution >= 0.6 is 15.9 Å². The molecule has 5 heteroatoms. The summed E-state index contributed by atoms with van der Waals surface area (Å²) < 4.78 is 0. The van der Waals surface area contributed by atoms with Gasteiger partial charge in [0.1, 0.15) is 0 Å². The first kappa shape index (κ1) is 11.5. The predicted molar refractivity (Wildman–Crippen MR) is 64.4 cm³/mol. The van der Waals surface area contributed by atoms with Gasteiger partial charge in [-0.25, -0.2) is 0 Å². The topological polar surface area (TPSA) is 46.1 Å². The number of carbonyl (C=O) groups excluding carboxylic acids is 1. The highest BCUT2D eigenvalue weighted by atomic mass is 79.9. The van der Waals surface area contributed by atoms with Gasteiger partial charge in [0.15, 0.2) is 0 Å². The van der Waals surface area contributed by atoms with Crippen LogP contribution in [0.1, 0.15) is 23.7 Å². The fourth-order valence-corrected chi connectivity index (χ4v) is 3.07. The van der Waals surface area contributed by atoms with Crippen molar-refractivity contribution in [3.63, 3.8) is 0 Å². The van der Waals surface area contributed by atoms with Gasteiger partial charge < -0.3 is 4.90 Å². The number of alkyl halides is 1. The first-order valence-corrected chi connectivity index (χ1v) is 6.50. The molecule has 4 nitrogen and oxygen atoms in total. The molecule has 1 aromatic heterocycles. The highest BCUT2D eigenvalue weighted by Gasteiger charge is 2.33. The normalized spacial score (nSPS) is 24.8. The molecule has 0 bridgehead atoms. The van der Waals surface area contributed by atoms with E-state index in [9.17, 15) is 4.79 Å². The molecule has 2 rings (SSSR count). The maximum Gasteiger partial charge on any atom is 0.255 e. The smallest absolute Gasteiger partial charge is 0.255 e. The predicted octanol–water partition coefficient (Wildman–Crippen LogP) is 1.72. The molecule has 0 aliphatic carbocycles. The fraction of sp³-hybridized carbons (Fsp3) is 0.545. The summed E-state index contributed by atoms with van der Waals surface area (Å²) in [6.07, 6.45) is 4.15. The summed E-state index contributed by atoms with van der Waals surface area (Å²) in [7, 11) is 0. The van der Waals surface area contributed by atoms with E-state index in [1.807, 2.05) is 4.90 Å². The van der Waals surface area contributed by atoms with Gasteiger partial charge in [-0.3, -0.25) is 4.79 Å². The third-order valence-electron chi connectivity index (χ3n) is 3.13. The number of aromatic nitrogens is 2. The lowest BCUT2D eigenvalue weighted by Gasteiger charge is -2.25. The minimum absolute atomic E-state index is 0.0590. The van der Waals surface area contributed by atoms with Crippen molar-refractivity contribution in [3.8, 4) is 0 Å². The monoisotopic (exact) mass is 283 g/mol.